The molecule has 0 aliphatic carbocycles. The lowest BCUT2D eigenvalue weighted by atomic mass is 9.73. The smallest absolute Gasteiger partial charge is 0.410 e. The molecule has 16 heteroatoms. The van der Waals surface area contributed by atoms with Crippen molar-refractivity contribution >= 4 is 53.8 Å². The summed E-state index contributed by atoms with van der Waals surface area (Å²) in [7, 11) is 5.83. The molecule has 4 bridgehead atoms. The van der Waals surface area contributed by atoms with Gasteiger partial charge in [-0.25, -0.2) is 9.59 Å². The Kier molecular flexibility index (Phi) is 14.7. The summed E-state index contributed by atoms with van der Waals surface area (Å²) in [6, 6.07) is 1.25. The number of hydrogen-bond donors (Lipinski definition) is 3. The highest BCUT2D eigenvalue weighted by atomic mass is 35.5. The summed E-state index contributed by atoms with van der Waals surface area (Å²) < 4.78 is 22.9. The van der Waals surface area contributed by atoms with Gasteiger partial charge in [0.25, 0.3) is 0 Å². The average Bonchev–Trinajstić information content (AvgIpc) is 3.08. The third kappa shape index (κ3) is 9.65. The SMILES string of the molecule is COc1cc2cc(c1Cl)N(C)C(=O)C[C@H](OC(=O)[C@H](C)N(C)C(=O)CCS)[C@@H](C)[C@@H](N=O)[C@H](C)[C@]1(C)C[C@@](O)(NC(=O)O1)[C@H](OC)/C=C/C=C(\C)C2. The van der Waals surface area contributed by atoms with Gasteiger partial charge in [-0.1, -0.05) is 54.4 Å². The van der Waals surface area contributed by atoms with Gasteiger partial charge in [0.15, 0.2) is 5.72 Å². The number of anilines is 1. The number of ether oxygens (including phenoxy) is 4. The first-order valence-electron chi connectivity index (χ1n) is 17.0. The minimum atomic E-state index is -1.96. The van der Waals surface area contributed by atoms with Gasteiger partial charge in [0.2, 0.25) is 11.8 Å². The lowest BCUT2D eigenvalue weighted by Crippen LogP contribution is -2.67. The van der Waals surface area contributed by atoms with Gasteiger partial charge in [0.1, 0.15) is 40.7 Å². The number of thiol groups is 1. The van der Waals surface area contributed by atoms with E-state index < -0.39 is 71.8 Å². The molecule has 1 fully saturated rings. The van der Waals surface area contributed by atoms with Crippen molar-refractivity contribution in [3.8, 4) is 5.75 Å². The van der Waals surface area contributed by atoms with Crippen LogP contribution >= 0.6 is 24.2 Å². The van der Waals surface area contributed by atoms with E-state index in [-0.39, 0.29) is 29.5 Å². The van der Waals surface area contributed by atoms with E-state index in [0.717, 1.165) is 11.1 Å². The second-order valence-electron chi connectivity index (χ2n) is 13.8. The van der Waals surface area contributed by atoms with Crippen molar-refractivity contribution in [1.29, 1.82) is 0 Å². The number of nitroso groups, excluding NO2 is 1. The number of nitrogens with zero attached hydrogens (tertiary/aromatic N) is 3. The van der Waals surface area contributed by atoms with E-state index in [0.29, 0.717) is 17.9 Å². The molecule has 0 radical (unpaired) electrons. The molecule has 14 nitrogen and oxygen atoms in total. The highest BCUT2D eigenvalue weighted by molar-refractivity contribution is 7.80. The minimum Gasteiger partial charge on any atom is -0.495 e. The number of fused-ring (bicyclic) bond motifs is 4. The van der Waals surface area contributed by atoms with Crippen LogP contribution in [0.25, 0.3) is 0 Å². The molecule has 1 aromatic rings. The number of esters is 1. The van der Waals surface area contributed by atoms with Crippen LogP contribution in [0.15, 0.2) is 41.1 Å². The standard InChI is InChI=1S/C36H51ClN4O10S/c1-20-11-10-12-28(49-9)36(46)19-35(5,51-34(45)38-36)22(3)32(39-47)21(2)26(50-33(44)23(4)40(6)29(42)13-14-52)18-30(43)41(7)25-16-24(15-20)17-27(48-8)31(25)37/h10-12,16-17,21-23,26,28,32,46,52H,13-15,18-19H2,1-9H3,(H,38,45)/b12-10+,20-11+/t21-,22+,23+,26+,28-,32-,35+,36+/m1/s1. The van der Waals surface area contributed by atoms with Crippen LogP contribution in [0.5, 0.6) is 5.75 Å². The number of halogens is 1. The summed E-state index contributed by atoms with van der Waals surface area (Å²) in [5, 5.41) is 17.9. The zero-order valence-corrected chi connectivity index (χ0v) is 32.8. The van der Waals surface area contributed by atoms with Crippen LogP contribution in [0.4, 0.5) is 10.5 Å². The fraction of sp³-hybridized carbons (Fsp3) is 0.611. The number of carbonyl (C=O) groups excluding carboxylic acids is 4. The number of nitrogens with one attached hydrogen (secondary N) is 1. The van der Waals surface area contributed by atoms with E-state index in [9.17, 15) is 29.2 Å². The molecule has 0 aromatic heterocycles. The Morgan fingerprint density at radius 2 is 1.94 bits per heavy atom. The Hall–Kier alpha value is -3.66. The first-order chi connectivity index (χ1) is 24.4. The monoisotopic (exact) mass is 766 g/mol. The van der Waals surface area contributed by atoms with Crippen molar-refractivity contribution in [2.45, 2.75) is 95.9 Å². The molecule has 52 heavy (non-hydrogen) atoms. The molecule has 2 aliphatic heterocycles. The van der Waals surface area contributed by atoms with E-state index in [2.05, 4.69) is 23.1 Å². The van der Waals surface area contributed by atoms with Crippen LogP contribution in [0.1, 0.15) is 59.4 Å². The van der Waals surface area contributed by atoms with Crippen molar-refractivity contribution in [2.75, 3.05) is 39.0 Å². The molecule has 3 amide bonds. The molecule has 2 aliphatic rings. The third-order valence-corrected chi connectivity index (χ3v) is 10.8. The zero-order valence-electron chi connectivity index (χ0n) is 31.2. The molecule has 288 valence electrons. The van der Waals surface area contributed by atoms with Crippen LogP contribution in [0.3, 0.4) is 0 Å². The molecule has 2 N–H and O–H groups in total. The molecule has 1 saturated heterocycles. The summed E-state index contributed by atoms with van der Waals surface area (Å²) in [5.74, 6) is -2.89. The summed E-state index contributed by atoms with van der Waals surface area (Å²) in [6.07, 6.45) is 1.76. The van der Waals surface area contributed by atoms with Crippen molar-refractivity contribution in [2.24, 2.45) is 17.0 Å². The molecule has 0 spiro atoms. The number of methoxy groups -OCH3 is 2. The maximum Gasteiger partial charge on any atom is 0.410 e. The topological polar surface area (TPSA) is 173 Å². The fourth-order valence-electron chi connectivity index (χ4n) is 6.62. The molecule has 3 rings (SSSR count). The lowest BCUT2D eigenvalue weighted by molar-refractivity contribution is -0.177. The van der Waals surface area contributed by atoms with Crippen LogP contribution in [-0.4, -0.2) is 104 Å². The van der Waals surface area contributed by atoms with Gasteiger partial charge in [-0.3, -0.25) is 14.9 Å². The predicted octanol–water partition coefficient (Wildman–Crippen LogP) is 4.84. The molecule has 0 saturated carbocycles. The van der Waals surface area contributed by atoms with E-state index in [4.69, 9.17) is 30.5 Å². The molecular formula is C36H51ClN4O10S. The predicted molar refractivity (Wildman–Crippen MR) is 200 cm³/mol. The third-order valence-electron chi connectivity index (χ3n) is 10.2. The minimum absolute atomic E-state index is 0.0891. The van der Waals surface area contributed by atoms with Crippen LogP contribution in [-0.2, 0) is 35.0 Å². The lowest BCUT2D eigenvalue weighted by Gasteiger charge is -2.49. The van der Waals surface area contributed by atoms with Gasteiger partial charge in [0, 0.05) is 45.9 Å². The van der Waals surface area contributed by atoms with Crippen molar-refractivity contribution < 1.29 is 43.2 Å². The number of aliphatic hydroxyl groups is 1. The summed E-state index contributed by atoms with van der Waals surface area (Å²) >= 11 is 10.8. The fourth-order valence-corrected chi connectivity index (χ4v) is 7.12. The largest absolute Gasteiger partial charge is 0.495 e. The highest BCUT2D eigenvalue weighted by Gasteiger charge is 2.55. The normalized spacial score (nSPS) is 30.9. The van der Waals surface area contributed by atoms with Gasteiger partial charge in [-0.15, -0.1) is 0 Å². The van der Waals surface area contributed by atoms with Gasteiger partial charge in [-0.05, 0) is 50.6 Å². The quantitative estimate of drug-likeness (QED) is 0.189. The average molecular weight is 767 g/mol. The van der Waals surface area contributed by atoms with E-state index in [1.54, 1.807) is 45.1 Å². The molecule has 2 heterocycles. The number of alkyl carbamates (subject to hydrolysis) is 1. The first kappa shape index (κ1) is 42.8. The van der Waals surface area contributed by atoms with Gasteiger partial charge < -0.3 is 33.9 Å². The molecule has 8 atom stereocenters. The summed E-state index contributed by atoms with van der Waals surface area (Å²) in [4.78, 5) is 68.6. The Morgan fingerprint density at radius 1 is 1.27 bits per heavy atom. The van der Waals surface area contributed by atoms with Crippen molar-refractivity contribution in [3.63, 3.8) is 0 Å². The maximum atomic E-state index is 14.1. The summed E-state index contributed by atoms with van der Waals surface area (Å²) in [6.45, 7) is 8.18. The molecule has 0 unspecified atom stereocenters. The molecule has 1 aromatic carbocycles. The number of hydrogen-bond acceptors (Lipinski definition) is 12. The van der Waals surface area contributed by atoms with Crippen molar-refractivity contribution in [1.82, 2.24) is 10.2 Å². The molecular weight excluding hydrogens is 716 g/mol. The first-order valence-corrected chi connectivity index (χ1v) is 18.0. The number of carbonyl (C=O) groups is 4. The van der Waals surface area contributed by atoms with Gasteiger partial charge in [-0.2, -0.15) is 17.5 Å². The second kappa shape index (κ2) is 17.9. The number of allylic oxidation sites excluding steroid dienone is 3. The van der Waals surface area contributed by atoms with E-state index in [1.165, 1.54) is 45.0 Å². The van der Waals surface area contributed by atoms with Crippen molar-refractivity contribution in [3.05, 3.63) is 51.4 Å². The maximum absolute atomic E-state index is 14.1. The summed E-state index contributed by atoms with van der Waals surface area (Å²) in [5.41, 5.74) is -1.46. The number of likely N-dealkylation sites (N-methyl/N-ethyl adjacent to an activating group) is 1. The van der Waals surface area contributed by atoms with Crippen LogP contribution in [0.2, 0.25) is 5.02 Å². The van der Waals surface area contributed by atoms with E-state index in [1.807, 2.05) is 13.0 Å². The second-order valence-corrected chi connectivity index (χ2v) is 14.6. The van der Waals surface area contributed by atoms with Gasteiger partial charge >= 0.3 is 12.1 Å². The number of rotatable bonds is 8. The Balaban J connectivity index is 2.20. The highest BCUT2D eigenvalue weighted by Crippen LogP contribution is 2.42. The number of benzene rings is 1. The zero-order chi connectivity index (χ0) is 39.1. The van der Waals surface area contributed by atoms with E-state index >= 15 is 0 Å². The number of amides is 3. The van der Waals surface area contributed by atoms with Gasteiger partial charge in [0.05, 0.1) is 19.2 Å². The van der Waals surface area contributed by atoms with Crippen LogP contribution < -0.4 is 15.0 Å². The Bertz CT molecular complexity index is 1580. The van der Waals surface area contributed by atoms with Crippen LogP contribution in [0, 0.1) is 16.7 Å². The Morgan fingerprint density at radius 3 is 2.54 bits per heavy atom. The Labute approximate surface area is 315 Å².